The van der Waals surface area contributed by atoms with Gasteiger partial charge in [-0.2, -0.15) is 0 Å². The molecule has 1 aromatic heterocycles. The zero-order chi connectivity index (χ0) is 9.71. The Kier molecular flexibility index (Phi) is 1.50. The number of hydrogen-bond donors (Lipinski definition) is 2. The summed E-state index contributed by atoms with van der Waals surface area (Å²) in [4.78, 5) is 3.44. The second-order valence-corrected chi connectivity index (χ2v) is 4.21. The molecule has 2 nitrogen and oxygen atoms in total. The summed E-state index contributed by atoms with van der Waals surface area (Å²) in [5.41, 5.74) is 11.2. The van der Waals surface area contributed by atoms with Crippen molar-refractivity contribution in [1.82, 2.24) is 4.98 Å². The maximum absolute atomic E-state index is 6.02. The fraction of sp³-hybridized carbons (Fsp3) is 0.333. The minimum atomic E-state index is 0.220. The molecule has 1 aromatic carbocycles. The molecule has 1 unspecified atom stereocenters. The number of aromatic nitrogens is 1. The van der Waals surface area contributed by atoms with Crippen LogP contribution in [0.4, 0.5) is 0 Å². The van der Waals surface area contributed by atoms with Crippen LogP contribution in [0.25, 0.3) is 10.9 Å². The number of aromatic amines is 1. The molecule has 3 N–H and O–H groups in total. The number of benzene rings is 1. The topological polar surface area (TPSA) is 41.8 Å². The molecule has 0 radical (unpaired) electrons. The predicted octanol–water partition coefficient (Wildman–Crippen LogP) is 2.42. The molecule has 72 valence electrons. The van der Waals surface area contributed by atoms with Crippen LogP contribution in [-0.4, -0.2) is 4.98 Å². The first-order valence-electron chi connectivity index (χ1n) is 5.12. The Morgan fingerprint density at radius 2 is 2.29 bits per heavy atom. The molecule has 2 aromatic rings. The summed E-state index contributed by atoms with van der Waals surface area (Å²) in [6.07, 6.45) is 2.21. The van der Waals surface area contributed by atoms with E-state index in [-0.39, 0.29) is 6.04 Å². The van der Waals surface area contributed by atoms with Gasteiger partial charge in [0.05, 0.1) is 0 Å². The van der Waals surface area contributed by atoms with Crippen LogP contribution in [0.3, 0.4) is 0 Å². The second kappa shape index (κ2) is 2.61. The fourth-order valence-electron chi connectivity index (χ4n) is 2.42. The van der Waals surface area contributed by atoms with Crippen molar-refractivity contribution < 1.29 is 0 Å². The normalized spacial score (nSPS) is 20.3. The summed E-state index contributed by atoms with van der Waals surface area (Å²) >= 11 is 0. The summed E-state index contributed by atoms with van der Waals surface area (Å²) in [5.74, 6) is 0. The van der Waals surface area contributed by atoms with Gasteiger partial charge in [-0.15, -0.1) is 0 Å². The van der Waals surface area contributed by atoms with E-state index in [9.17, 15) is 0 Å². The smallest absolute Gasteiger partial charge is 0.0462 e. The lowest BCUT2D eigenvalue weighted by Gasteiger charge is -1.99. The number of rotatable bonds is 0. The Hall–Kier alpha value is -1.28. The molecule has 0 saturated heterocycles. The summed E-state index contributed by atoms with van der Waals surface area (Å²) in [5, 5.41) is 1.36. The van der Waals surface area contributed by atoms with Gasteiger partial charge in [-0.05, 0) is 37.0 Å². The summed E-state index contributed by atoms with van der Waals surface area (Å²) in [6, 6.07) is 6.79. The van der Waals surface area contributed by atoms with Crippen LogP contribution >= 0.6 is 0 Å². The lowest BCUT2D eigenvalue weighted by molar-refractivity contribution is 0.699. The Morgan fingerprint density at radius 1 is 1.43 bits per heavy atom. The van der Waals surface area contributed by atoms with Gasteiger partial charge >= 0.3 is 0 Å². The molecule has 0 amide bonds. The van der Waals surface area contributed by atoms with E-state index in [2.05, 4.69) is 30.1 Å². The molecule has 0 saturated carbocycles. The van der Waals surface area contributed by atoms with Gasteiger partial charge in [0.2, 0.25) is 0 Å². The maximum Gasteiger partial charge on any atom is 0.0462 e. The molecular formula is C12H14N2. The number of fused-ring (bicyclic) bond motifs is 3. The highest BCUT2D eigenvalue weighted by Crippen LogP contribution is 2.34. The van der Waals surface area contributed by atoms with Crippen LogP contribution in [0.2, 0.25) is 0 Å². The average Bonchev–Trinajstić information content (AvgIpc) is 2.66. The monoisotopic (exact) mass is 186 g/mol. The van der Waals surface area contributed by atoms with Crippen molar-refractivity contribution in [2.45, 2.75) is 25.8 Å². The molecule has 1 heterocycles. The third-order valence-electron chi connectivity index (χ3n) is 3.17. The van der Waals surface area contributed by atoms with E-state index >= 15 is 0 Å². The zero-order valence-corrected chi connectivity index (χ0v) is 8.30. The van der Waals surface area contributed by atoms with Gasteiger partial charge < -0.3 is 10.7 Å². The summed E-state index contributed by atoms with van der Waals surface area (Å²) in [6.45, 7) is 2.12. The van der Waals surface area contributed by atoms with Crippen molar-refractivity contribution in [3.05, 3.63) is 35.0 Å². The van der Waals surface area contributed by atoms with Gasteiger partial charge in [0, 0.05) is 22.6 Å². The van der Waals surface area contributed by atoms with Crippen molar-refractivity contribution in [2.24, 2.45) is 5.73 Å². The average molecular weight is 186 g/mol. The Labute approximate surface area is 83.1 Å². The third-order valence-corrected chi connectivity index (χ3v) is 3.17. The lowest BCUT2D eigenvalue weighted by Crippen LogP contribution is -2.05. The predicted molar refractivity (Wildman–Crippen MR) is 58.3 cm³/mol. The first kappa shape index (κ1) is 8.06. The molecule has 14 heavy (non-hydrogen) atoms. The Morgan fingerprint density at radius 3 is 3.14 bits per heavy atom. The quantitative estimate of drug-likeness (QED) is 0.652. The van der Waals surface area contributed by atoms with E-state index < -0.39 is 0 Å². The first-order chi connectivity index (χ1) is 6.75. The van der Waals surface area contributed by atoms with Gasteiger partial charge in [-0.3, -0.25) is 0 Å². The van der Waals surface area contributed by atoms with Gasteiger partial charge in [0.25, 0.3) is 0 Å². The van der Waals surface area contributed by atoms with Crippen molar-refractivity contribution in [1.29, 1.82) is 0 Å². The van der Waals surface area contributed by atoms with E-state index in [4.69, 9.17) is 5.73 Å². The van der Waals surface area contributed by atoms with Crippen molar-refractivity contribution in [3.8, 4) is 0 Å². The molecule has 1 atom stereocenters. The van der Waals surface area contributed by atoms with Crippen LogP contribution in [0.15, 0.2) is 18.2 Å². The van der Waals surface area contributed by atoms with E-state index in [0.29, 0.717) is 0 Å². The number of hydrogen-bond acceptors (Lipinski definition) is 1. The first-order valence-corrected chi connectivity index (χ1v) is 5.12. The molecule has 0 spiro atoms. The largest absolute Gasteiger partial charge is 0.357 e. The molecule has 0 bridgehead atoms. The Balaban J connectivity index is 2.34. The van der Waals surface area contributed by atoms with E-state index in [0.717, 1.165) is 12.8 Å². The summed E-state index contributed by atoms with van der Waals surface area (Å²) in [7, 11) is 0. The third kappa shape index (κ3) is 0.946. The molecule has 2 heteroatoms. The molecule has 1 aliphatic rings. The van der Waals surface area contributed by atoms with Crippen LogP contribution in [0, 0.1) is 6.92 Å². The van der Waals surface area contributed by atoms with Gasteiger partial charge in [0.15, 0.2) is 0 Å². The van der Waals surface area contributed by atoms with Gasteiger partial charge in [0.1, 0.15) is 0 Å². The van der Waals surface area contributed by atoms with E-state index in [1.165, 1.54) is 27.7 Å². The van der Waals surface area contributed by atoms with E-state index in [1.807, 2.05) is 0 Å². The Bertz CT molecular complexity index is 496. The number of aryl methyl sites for hydroxylation is 2. The lowest BCUT2D eigenvalue weighted by atomic mass is 10.1. The molecule has 3 rings (SSSR count). The van der Waals surface area contributed by atoms with Gasteiger partial charge in [-0.25, -0.2) is 0 Å². The van der Waals surface area contributed by atoms with Crippen molar-refractivity contribution >= 4 is 10.9 Å². The number of nitrogens with one attached hydrogen (secondary N) is 1. The SMILES string of the molecule is Cc1ccc2c3c([nH]c2c1)C(N)CC3. The number of H-pyrrole nitrogens is 1. The second-order valence-electron chi connectivity index (χ2n) is 4.21. The summed E-state index contributed by atoms with van der Waals surface area (Å²) < 4.78 is 0. The van der Waals surface area contributed by atoms with E-state index in [1.54, 1.807) is 0 Å². The molecular weight excluding hydrogens is 172 g/mol. The standard InChI is InChI=1S/C12H14N2/c1-7-2-3-8-9-4-5-10(13)12(9)14-11(8)6-7/h2-3,6,10,14H,4-5,13H2,1H3. The fourth-order valence-corrected chi connectivity index (χ4v) is 2.42. The van der Waals surface area contributed by atoms with Crippen LogP contribution in [-0.2, 0) is 6.42 Å². The molecule has 1 aliphatic carbocycles. The highest BCUT2D eigenvalue weighted by molar-refractivity contribution is 5.86. The maximum atomic E-state index is 6.02. The van der Waals surface area contributed by atoms with Crippen molar-refractivity contribution in [2.75, 3.05) is 0 Å². The highest BCUT2D eigenvalue weighted by Gasteiger charge is 2.23. The van der Waals surface area contributed by atoms with Crippen LogP contribution < -0.4 is 5.73 Å². The molecule has 0 fully saturated rings. The minimum absolute atomic E-state index is 0.220. The highest BCUT2D eigenvalue weighted by atomic mass is 14.8. The number of nitrogens with two attached hydrogens (primary N) is 1. The van der Waals surface area contributed by atoms with Crippen LogP contribution in [0.5, 0.6) is 0 Å². The van der Waals surface area contributed by atoms with Gasteiger partial charge in [-0.1, -0.05) is 12.1 Å². The zero-order valence-electron chi connectivity index (χ0n) is 8.30. The van der Waals surface area contributed by atoms with Crippen molar-refractivity contribution in [3.63, 3.8) is 0 Å². The minimum Gasteiger partial charge on any atom is -0.357 e. The molecule has 0 aliphatic heterocycles. The van der Waals surface area contributed by atoms with Crippen LogP contribution in [0.1, 0.15) is 29.3 Å².